The molecule has 0 aliphatic rings. The van der Waals surface area contributed by atoms with Gasteiger partial charge in [-0.05, 0) is 31.2 Å². The van der Waals surface area contributed by atoms with Crippen molar-refractivity contribution in [3.8, 4) is 11.8 Å². The van der Waals surface area contributed by atoms with Crippen molar-refractivity contribution in [2.24, 2.45) is 0 Å². The lowest BCUT2D eigenvalue weighted by molar-refractivity contribution is -0.119. The van der Waals surface area contributed by atoms with Gasteiger partial charge in [0.25, 0.3) is 0 Å². The van der Waals surface area contributed by atoms with Crippen LogP contribution in [0.15, 0.2) is 24.3 Å². The largest absolute Gasteiger partial charge is 0.494 e. The van der Waals surface area contributed by atoms with Crippen LogP contribution in [0.4, 0.5) is 5.69 Å². The third kappa shape index (κ3) is 4.89. The number of carbonyl (C=O) groups is 1. The van der Waals surface area contributed by atoms with E-state index in [1.54, 1.807) is 0 Å². The summed E-state index contributed by atoms with van der Waals surface area (Å²) in [5, 5.41) is 13.7. The number of nitrogens with one attached hydrogen (secondary N) is 2. The number of benzene rings is 1. The van der Waals surface area contributed by atoms with Gasteiger partial charge in [0.1, 0.15) is 12.3 Å². The summed E-state index contributed by atoms with van der Waals surface area (Å²) in [6, 6.07) is 9.18. The number of amides is 1. The number of hydrogen-bond acceptors (Lipinski definition) is 4. The summed E-state index contributed by atoms with van der Waals surface area (Å²) < 4.78 is 5.30. The number of anilines is 1. The van der Waals surface area contributed by atoms with Crippen molar-refractivity contribution in [1.29, 1.82) is 5.26 Å². The highest BCUT2D eigenvalue weighted by Crippen LogP contribution is 2.15. The summed E-state index contributed by atoms with van der Waals surface area (Å²) in [5.41, 5.74) is 0.834. The van der Waals surface area contributed by atoms with Gasteiger partial charge in [0, 0.05) is 5.69 Å². The van der Waals surface area contributed by atoms with Crippen molar-refractivity contribution in [2.75, 3.05) is 25.0 Å². The van der Waals surface area contributed by atoms with Crippen LogP contribution in [0.1, 0.15) is 6.92 Å². The first-order valence-electron chi connectivity index (χ1n) is 5.36. The van der Waals surface area contributed by atoms with Crippen LogP contribution in [-0.2, 0) is 4.79 Å². The molecule has 5 heteroatoms. The number of nitrogens with zero attached hydrogens (tertiary/aromatic N) is 1. The van der Waals surface area contributed by atoms with E-state index in [0.717, 1.165) is 11.4 Å². The molecule has 90 valence electrons. The first-order chi connectivity index (χ1) is 8.26. The first kappa shape index (κ1) is 12.8. The maximum Gasteiger partial charge on any atom is 0.240 e. The Bertz CT molecular complexity index is 395. The standard InChI is InChI=1S/C12H15N3O2/c1-2-17-11-5-3-10(4-6-11)15-9-12(16)14-8-7-13/h3-6,15H,2,8-9H2,1H3,(H,14,16). The van der Waals surface area contributed by atoms with Gasteiger partial charge in [0.2, 0.25) is 5.91 Å². The molecule has 0 spiro atoms. The Balaban J connectivity index is 2.37. The molecule has 0 saturated heterocycles. The highest BCUT2D eigenvalue weighted by atomic mass is 16.5. The minimum Gasteiger partial charge on any atom is -0.494 e. The summed E-state index contributed by atoms with van der Waals surface area (Å²) in [6.07, 6.45) is 0. The Morgan fingerprint density at radius 3 is 2.71 bits per heavy atom. The average Bonchev–Trinajstić information content (AvgIpc) is 2.36. The highest BCUT2D eigenvalue weighted by molar-refractivity contribution is 5.80. The van der Waals surface area contributed by atoms with Crippen LogP contribution in [0.5, 0.6) is 5.75 Å². The van der Waals surface area contributed by atoms with Gasteiger partial charge in [-0.3, -0.25) is 4.79 Å². The van der Waals surface area contributed by atoms with Gasteiger partial charge in [-0.1, -0.05) is 0 Å². The van der Waals surface area contributed by atoms with Gasteiger partial charge in [-0.15, -0.1) is 0 Å². The van der Waals surface area contributed by atoms with E-state index < -0.39 is 0 Å². The molecule has 0 fully saturated rings. The highest BCUT2D eigenvalue weighted by Gasteiger charge is 2.00. The van der Waals surface area contributed by atoms with Crippen LogP contribution >= 0.6 is 0 Å². The minimum atomic E-state index is -0.208. The summed E-state index contributed by atoms with van der Waals surface area (Å²) >= 11 is 0. The summed E-state index contributed by atoms with van der Waals surface area (Å²) in [5.74, 6) is 0.590. The lowest BCUT2D eigenvalue weighted by Gasteiger charge is -2.07. The average molecular weight is 233 g/mol. The van der Waals surface area contributed by atoms with Gasteiger partial charge in [0.15, 0.2) is 0 Å². The quantitative estimate of drug-likeness (QED) is 0.722. The third-order valence-corrected chi connectivity index (χ3v) is 1.98. The fourth-order valence-corrected chi connectivity index (χ4v) is 1.22. The molecule has 0 aromatic heterocycles. The van der Waals surface area contributed by atoms with Gasteiger partial charge in [0.05, 0.1) is 19.2 Å². The maximum absolute atomic E-state index is 11.2. The predicted octanol–water partition coefficient (Wildman–Crippen LogP) is 1.14. The maximum atomic E-state index is 11.2. The van der Waals surface area contributed by atoms with E-state index in [1.165, 1.54) is 0 Å². The predicted molar refractivity (Wildman–Crippen MR) is 64.7 cm³/mol. The Morgan fingerprint density at radius 2 is 2.12 bits per heavy atom. The van der Waals surface area contributed by atoms with E-state index in [2.05, 4.69) is 10.6 Å². The first-order valence-corrected chi connectivity index (χ1v) is 5.36. The Morgan fingerprint density at radius 1 is 1.41 bits per heavy atom. The van der Waals surface area contributed by atoms with Crippen LogP contribution in [0.25, 0.3) is 0 Å². The molecule has 0 radical (unpaired) electrons. The molecule has 1 aromatic rings. The van der Waals surface area contributed by atoms with Crippen LogP contribution < -0.4 is 15.4 Å². The minimum absolute atomic E-state index is 0.0315. The molecule has 1 amide bonds. The van der Waals surface area contributed by atoms with Crippen molar-refractivity contribution >= 4 is 11.6 Å². The van der Waals surface area contributed by atoms with E-state index in [1.807, 2.05) is 37.3 Å². The molecule has 0 aliphatic carbocycles. The second kappa shape index (κ2) is 7.12. The molecule has 0 heterocycles. The molecule has 17 heavy (non-hydrogen) atoms. The lowest BCUT2D eigenvalue weighted by atomic mass is 10.3. The van der Waals surface area contributed by atoms with Gasteiger partial charge >= 0.3 is 0 Å². The summed E-state index contributed by atoms with van der Waals surface area (Å²) in [4.78, 5) is 11.2. The van der Waals surface area contributed by atoms with Gasteiger partial charge in [-0.25, -0.2) is 0 Å². The van der Waals surface area contributed by atoms with E-state index in [4.69, 9.17) is 10.00 Å². The molecule has 2 N–H and O–H groups in total. The number of nitriles is 1. The van der Waals surface area contributed by atoms with Gasteiger partial charge in [-0.2, -0.15) is 5.26 Å². The van der Waals surface area contributed by atoms with Crippen molar-refractivity contribution in [3.05, 3.63) is 24.3 Å². The summed E-state index contributed by atoms with van der Waals surface area (Å²) in [7, 11) is 0. The Labute approximate surface area is 100 Å². The van der Waals surface area contributed by atoms with E-state index in [-0.39, 0.29) is 19.0 Å². The molecule has 0 bridgehead atoms. The third-order valence-electron chi connectivity index (χ3n) is 1.98. The fraction of sp³-hybridized carbons (Fsp3) is 0.333. The fourth-order valence-electron chi connectivity index (χ4n) is 1.22. The van der Waals surface area contributed by atoms with Crippen LogP contribution in [0, 0.1) is 11.3 Å². The number of carbonyl (C=O) groups excluding carboxylic acids is 1. The number of ether oxygens (including phenoxy) is 1. The number of rotatable bonds is 6. The molecule has 1 aromatic carbocycles. The summed E-state index contributed by atoms with van der Waals surface area (Å²) in [6.45, 7) is 2.73. The monoisotopic (exact) mass is 233 g/mol. The molecular formula is C12H15N3O2. The smallest absolute Gasteiger partial charge is 0.240 e. The Hall–Kier alpha value is -2.22. The molecule has 1 rings (SSSR count). The zero-order valence-corrected chi connectivity index (χ0v) is 9.69. The molecule has 5 nitrogen and oxygen atoms in total. The van der Waals surface area contributed by atoms with E-state index in [9.17, 15) is 4.79 Å². The molecular weight excluding hydrogens is 218 g/mol. The second-order valence-electron chi connectivity index (χ2n) is 3.25. The molecule has 0 atom stereocenters. The van der Waals surface area contributed by atoms with E-state index in [0.29, 0.717) is 6.61 Å². The van der Waals surface area contributed by atoms with Crippen molar-refractivity contribution < 1.29 is 9.53 Å². The Kier molecular flexibility index (Phi) is 5.38. The van der Waals surface area contributed by atoms with Crippen LogP contribution in [-0.4, -0.2) is 25.6 Å². The SMILES string of the molecule is CCOc1ccc(NCC(=O)NCC#N)cc1. The number of hydrogen-bond donors (Lipinski definition) is 2. The zero-order valence-electron chi connectivity index (χ0n) is 9.69. The van der Waals surface area contributed by atoms with E-state index >= 15 is 0 Å². The van der Waals surface area contributed by atoms with Crippen LogP contribution in [0.3, 0.4) is 0 Å². The lowest BCUT2D eigenvalue weighted by Crippen LogP contribution is -2.29. The van der Waals surface area contributed by atoms with Crippen LogP contribution in [0.2, 0.25) is 0 Å². The van der Waals surface area contributed by atoms with Crippen molar-refractivity contribution in [1.82, 2.24) is 5.32 Å². The normalized spacial score (nSPS) is 9.18. The molecule has 0 unspecified atom stereocenters. The van der Waals surface area contributed by atoms with Crippen molar-refractivity contribution in [3.63, 3.8) is 0 Å². The van der Waals surface area contributed by atoms with Crippen molar-refractivity contribution in [2.45, 2.75) is 6.92 Å². The molecule has 0 aliphatic heterocycles. The zero-order chi connectivity index (χ0) is 12.5. The molecule has 0 saturated carbocycles. The topological polar surface area (TPSA) is 74.2 Å². The second-order valence-corrected chi connectivity index (χ2v) is 3.25. The van der Waals surface area contributed by atoms with Gasteiger partial charge < -0.3 is 15.4 Å².